The van der Waals surface area contributed by atoms with E-state index >= 15 is 0 Å². The maximum absolute atomic E-state index is 12.0. The van der Waals surface area contributed by atoms with E-state index in [0.717, 1.165) is 25.7 Å². The number of unbranched alkanes of at least 4 members (excludes halogenated alkanes) is 1. The Morgan fingerprint density at radius 3 is 2.50 bits per heavy atom. The number of carbonyl (C=O) groups is 1. The van der Waals surface area contributed by atoms with Crippen LogP contribution < -0.4 is 0 Å². The van der Waals surface area contributed by atoms with Crippen LogP contribution in [0.15, 0.2) is 0 Å². The SMILES string of the molecule is [CH2]COCC(OCC)OC(=O)C(CC)CCCC. The van der Waals surface area contributed by atoms with Gasteiger partial charge in [-0.05, 0) is 26.7 Å². The first-order valence-corrected chi connectivity index (χ1v) is 6.88. The summed E-state index contributed by atoms with van der Waals surface area (Å²) in [5.74, 6) is -0.218. The highest BCUT2D eigenvalue weighted by atomic mass is 16.7. The van der Waals surface area contributed by atoms with Crippen LogP contribution in [0.1, 0.15) is 46.5 Å². The molecule has 0 aromatic rings. The second-order valence-corrected chi connectivity index (χ2v) is 4.14. The molecule has 0 amide bonds. The summed E-state index contributed by atoms with van der Waals surface area (Å²) in [7, 11) is 0. The van der Waals surface area contributed by atoms with Crippen molar-refractivity contribution in [1.29, 1.82) is 0 Å². The number of hydrogen-bond acceptors (Lipinski definition) is 4. The fraction of sp³-hybridized carbons (Fsp3) is 0.857. The van der Waals surface area contributed by atoms with Crippen molar-refractivity contribution in [3.8, 4) is 0 Å². The van der Waals surface area contributed by atoms with Crippen molar-refractivity contribution in [3.63, 3.8) is 0 Å². The van der Waals surface area contributed by atoms with Gasteiger partial charge in [0, 0.05) is 13.2 Å². The van der Waals surface area contributed by atoms with Crippen LogP contribution in [0.4, 0.5) is 0 Å². The molecule has 107 valence electrons. The molecule has 0 rings (SSSR count). The summed E-state index contributed by atoms with van der Waals surface area (Å²) >= 11 is 0. The maximum Gasteiger partial charge on any atom is 0.311 e. The molecule has 0 N–H and O–H groups in total. The van der Waals surface area contributed by atoms with E-state index in [1.54, 1.807) is 0 Å². The predicted molar refractivity (Wildman–Crippen MR) is 71.0 cm³/mol. The van der Waals surface area contributed by atoms with Crippen LogP contribution in [0.5, 0.6) is 0 Å². The lowest BCUT2D eigenvalue weighted by atomic mass is 10.00. The summed E-state index contributed by atoms with van der Waals surface area (Å²) < 4.78 is 15.8. The van der Waals surface area contributed by atoms with Gasteiger partial charge in [0.05, 0.1) is 5.92 Å². The van der Waals surface area contributed by atoms with Crippen LogP contribution in [-0.2, 0) is 19.0 Å². The highest BCUT2D eigenvalue weighted by Crippen LogP contribution is 2.15. The Kier molecular flexibility index (Phi) is 11.1. The van der Waals surface area contributed by atoms with E-state index < -0.39 is 6.29 Å². The van der Waals surface area contributed by atoms with Crippen LogP contribution in [0.2, 0.25) is 0 Å². The van der Waals surface area contributed by atoms with Crippen LogP contribution in [-0.4, -0.2) is 32.1 Å². The summed E-state index contributed by atoms with van der Waals surface area (Å²) in [4.78, 5) is 12.0. The Bertz CT molecular complexity index is 206. The molecule has 0 aliphatic rings. The monoisotopic (exact) mass is 259 g/mol. The molecule has 4 heteroatoms. The summed E-state index contributed by atoms with van der Waals surface area (Å²) in [6.07, 6.45) is 3.19. The van der Waals surface area contributed by atoms with Crippen molar-refractivity contribution in [1.82, 2.24) is 0 Å². The van der Waals surface area contributed by atoms with E-state index in [0.29, 0.717) is 13.2 Å². The minimum atomic E-state index is -0.611. The van der Waals surface area contributed by atoms with Crippen LogP contribution in [0.3, 0.4) is 0 Å². The molecule has 18 heavy (non-hydrogen) atoms. The van der Waals surface area contributed by atoms with Crippen molar-refractivity contribution < 1.29 is 19.0 Å². The van der Waals surface area contributed by atoms with Gasteiger partial charge in [0.1, 0.15) is 6.61 Å². The van der Waals surface area contributed by atoms with Crippen LogP contribution in [0.25, 0.3) is 0 Å². The van der Waals surface area contributed by atoms with Gasteiger partial charge in [-0.25, -0.2) is 0 Å². The normalized spacial score (nSPS) is 14.2. The Labute approximate surface area is 111 Å². The summed E-state index contributed by atoms with van der Waals surface area (Å²) in [6.45, 7) is 10.6. The minimum absolute atomic E-state index is 0.0346. The first-order valence-electron chi connectivity index (χ1n) is 6.88. The Hall–Kier alpha value is -0.610. The quantitative estimate of drug-likeness (QED) is 0.423. The molecule has 2 atom stereocenters. The molecule has 0 aromatic heterocycles. The molecule has 0 fully saturated rings. The Morgan fingerprint density at radius 1 is 1.28 bits per heavy atom. The Balaban J connectivity index is 4.17. The number of rotatable bonds is 11. The fourth-order valence-corrected chi connectivity index (χ4v) is 1.65. The summed E-state index contributed by atoms with van der Waals surface area (Å²) in [5.41, 5.74) is 0. The van der Waals surface area contributed by atoms with Crippen molar-refractivity contribution in [3.05, 3.63) is 6.92 Å². The first kappa shape index (κ1) is 17.4. The summed E-state index contributed by atoms with van der Waals surface area (Å²) in [5, 5.41) is 0. The average Bonchev–Trinajstić information content (AvgIpc) is 2.37. The third-order valence-corrected chi connectivity index (χ3v) is 2.73. The standard InChI is InChI=1S/C14H27O4/c1-5-9-10-12(6-2)14(15)18-13(17-8-4)11-16-7-3/h12-13H,3,5-11H2,1-2,4H3. The van der Waals surface area contributed by atoms with Crippen LogP contribution in [0, 0.1) is 12.8 Å². The van der Waals surface area contributed by atoms with Gasteiger partial charge in [0.2, 0.25) is 6.29 Å². The highest BCUT2D eigenvalue weighted by molar-refractivity contribution is 5.72. The second-order valence-electron chi connectivity index (χ2n) is 4.14. The molecule has 0 spiro atoms. The van der Waals surface area contributed by atoms with Gasteiger partial charge in [-0.1, -0.05) is 26.7 Å². The Morgan fingerprint density at radius 2 is 2.00 bits per heavy atom. The van der Waals surface area contributed by atoms with Crippen molar-refractivity contribution >= 4 is 5.97 Å². The van der Waals surface area contributed by atoms with E-state index in [2.05, 4.69) is 13.8 Å². The molecule has 4 nitrogen and oxygen atoms in total. The molecule has 0 aromatic carbocycles. The molecular weight excluding hydrogens is 232 g/mol. The smallest absolute Gasteiger partial charge is 0.311 e. The van der Waals surface area contributed by atoms with E-state index in [1.165, 1.54) is 0 Å². The molecular formula is C14H27O4. The van der Waals surface area contributed by atoms with Crippen LogP contribution >= 0.6 is 0 Å². The lowest BCUT2D eigenvalue weighted by molar-refractivity contribution is -0.193. The number of ether oxygens (including phenoxy) is 3. The van der Waals surface area contributed by atoms with Crippen molar-refractivity contribution in [2.24, 2.45) is 5.92 Å². The first-order chi connectivity index (χ1) is 8.69. The molecule has 0 bridgehead atoms. The lowest BCUT2D eigenvalue weighted by Crippen LogP contribution is -2.30. The predicted octanol–water partition coefficient (Wildman–Crippen LogP) is 2.96. The second kappa shape index (κ2) is 11.5. The molecule has 1 radical (unpaired) electrons. The van der Waals surface area contributed by atoms with Gasteiger partial charge in [-0.15, -0.1) is 0 Å². The zero-order valence-corrected chi connectivity index (χ0v) is 11.9. The van der Waals surface area contributed by atoms with Crippen molar-refractivity contribution in [2.45, 2.75) is 52.7 Å². The van der Waals surface area contributed by atoms with E-state index in [4.69, 9.17) is 14.2 Å². The molecule has 0 aliphatic carbocycles. The minimum Gasteiger partial charge on any atom is -0.433 e. The molecule has 0 heterocycles. The van der Waals surface area contributed by atoms with Gasteiger partial charge >= 0.3 is 5.97 Å². The van der Waals surface area contributed by atoms with Gasteiger partial charge in [0.15, 0.2) is 0 Å². The zero-order chi connectivity index (χ0) is 13.8. The fourth-order valence-electron chi connectivity index (χ4n) is 1.65. The maximum atomic E-state index is 12.0. The molecule has 0 aliphatic heterocycles. The van der Waals surface area contributed by atoms with Gasteiger partial charge in [-0.2, -0.15) is 0 Å². The molecule has 0 saturated carbocycles. The topological polar surface area (TPSA) is 44.8 Å². The highest BCUT2D eigenvalue weighted by Gasteiger charge is 2.22. The van der Waals surface area contributed by atoms with Gasteiger partial charge < -0.3 is 14.2 Å². The molecule has 2 unspecified atom stereocenters. The van der Waals surface area contributed by atoms with E-state index in [-0.39, 0.29) is 18.5 Å². The molecule has 0 saturated heterocycles. The average molecular weight is 259 g/mol. The third kappa shape index (κ3) is 7.67. The largest absolute Gasteiger partial charge is 0.433 e. The van der Waals surface area contributed by atoms with Crippen molar-refractivity contribution in [2.75, 3.05) is 19.8 Å². The van der Waals surface area contributed by atoms with E-state index in [9.17, 15) is 4.79 Å². The van der Waals surface area contributed by atoms with Gasteiger partial charge in [0.25, 0.3) is 0 Å². The lowest BCUT2D eigenvalue weighted by Gasteiger charge is -2.20. The van der Waals surface area contributed by atoms with Gasteiger partial charge in [-0.3, -0.25) is 4.79 Å². The number of carbonyl (C=O) groups excluding carboxylic acids is 1. The summed E-state index contributed by atoms with van der Waals surface area (Å²) in [6, 6.07) is 0. The third-order valence-electron chi connectivity index (χ3n) is 2.73. The van der Waals surface area contributed by atoms with E-state index in [1.807, 2.05) is 13.8 Å². The zero-order valence-electron chi connectivity index (χ0n) is 11.9. The number of hydrogen-bond donors (Lipinski definition) is 0. The number of esters is 1.